The average Bonchev–Trinajstić information content (AvgIpc) is 2.65. The molecular formula is C10H15ClN2O2. The standard InChI is InChI=1S/C10H15ClN2O2/c1-3-4-5-9(10(14)15-2)13-7-8(11)6-12-13/h6-7,9H,3-5H2,1-2H3. The molecule has 1 unspecified atom stereocenters. The normalized spacial score (nSPS) is 12.5. The van der Waals surface area contributed by atoms with E-state index in [9.17, 15) is 4.79 Å². The largest absolute Gasteiger partial charge is 0.467 e. The van der Waals surface area contributed by atoms with Crippen molar-refractivity contribution in [2.75, 3.05) is 7.11 Å². The molecule has 0 aliphatic rings. The highest BCUT2D eigenvalue weighted by molar-refractivity contribution is 6.30. The predicted molar refractivity (Wildman–Crippen MR) is 57.8 cm³/mol. The molecule has 0 aliphatic carbocycles. The fourth-order valence-electron chi connectivity index (χ4n) is 1.38. The van der Waals surface area contributed by atoms with E-state index >= 15 is 0 Å². The second-order valence-corrected chi connectivity index (χ2v) is 3.76. The maximum Gasteiger partial charge on any atom is 0.330 e. The molecule has 1 heterocycles. The first-order valence-electron chi connectivity index (χ1n) is 4.96. The van der Waals surface area contributed by atoms with Gasteiger partial charge >= 0.3 is 5.97 Å². The third-order valence-electron chi connectivity index (χ3n) is 2.19. The van der Waals surface area contributed by atoms with E-state index in [1.54, 1.807) is 10.9 Å². The fraction of sp³-hybridized carbons (Fsp3) is 0.600. The summed E-state index contributed by atoms with van der Waals surface area (Å²) in [6, 6.07) is -0.359. The Hall–Kier alpha value is -1.03. The van der Waals surface area contributed by atoms with Crippen LogP contribution in [-0.2, 0) is 9.53 Å². The van der Waals surface area contributed by atoms with E-state index in [0.717, 1.165) is 19.3 Å². The summed E-state index contributed by atoms with van der Waals surface area (Å²) in [5, 5.41) is 4.55. The highest BCUT2D eigenvalue weighted by atomic mass is 35.5. The number of unbranched alkanes of at least 4 members (excludes halogenated alkanes) is 1. The summed E-state index contributed by atoms with van der Waals surface area (Å²) in [5.74, 6) is -0.275. The molecular weight excluding hydrogens is 216 g/mol. The molecule has 1 atom stereocenters. The molecule has 5 heteroatoms. The van der Waals surface area contributed by atoms with Crippen molar-refractivity contribution in [2.24, 2.45) is 0 Å². The van der Waals surface area contributed by atoms with E-state index in [0.29, 0.717) is 5.02 Å². The average molecular weight is 231 g/mol. The molecule has 4 nitrogen and oxygen atoms in total. The number of nitrogens with zero attached hydrogens (tertiary/aromatic N) is 2. The minimum atomic E-state index is -0.359. The van der Waals surface area contributed by atoms with E-state index in [1.165, 1.54) is 13.3 Å². The minimum Gasteiger partial charge on any atom is -0.467 e. The molecule has 1 aromatic heterocycles. The minimum absolute atomic E-state index is 0.275. The summed E-state index contributed by atoms with van der Waals surface area (Å²) in [4.78, 5) is 11.5. The van der Waals surface area contributed by atoms with E-state index in [1.807, 2.05) is 0 Å². The van der Waals surface area contributed by atoms with Gasteiger partial charge in [-0.2, -0.15) is 5.10 Å². The van der Waals surface area contributed by atoms with E-state index in [-0.39, 0.29) is 12.0 Å². The van der Waals surface area contributed by atoms with Gasteiger partial charge in [-0.25, -0.2) is 4.79 Å². The molecule has 0 bridgehead atoms. The number of hydrogen-bond donors (Lipinski definition) is 0. The lowest BCUT2D eigenvalue weighted by Crippen LogP contribution is -2.21. The summed E-state index contributed by atoms with van der Waals surface area (Å²) in [7, 11) is 1.38. The van der Waals surface area contributed by atoms with Crippen LogP contribution in [0.3, 0.4) is 0 Å². The van der Waals surface area contributed by atoms with Crippen molar-refractivity contribution in [3.63, 3.8) is 0 Å². The Balaban J connectivity index is 2.76. The van der Waals surface area contributed by atoms with Crippen molar-refractivity contribution in [1.82, 2.24) is 9.78 Å². The van der Waals surface area contributed by atoms with Gasteiger partial charge in [0.05, 0.1) is 18.3 Å². The fourth-order valence-corrected chi connectivity index (χ4v) is 1.52. The number of esters is 1. The third kappa shape index (κ3) is 3.23. The van der Waals surface area contributed by atoms with Crippen molar-refractivity contribution in [1.29, 1.82) is 0 Å². The molecule has 15 heavy (non-hydrogen) atoms. The number of carbonyl (C=O) groups excluding carboxylic acids is 1. The molecule has 0 saturated heterocycles. The Kier molecular flexibility index (Phi) is 4.62. The molecule has 0 N–H and O–H groups in total. The van der Waals surface area contributed by atoms with Gasteiger partial charge in [0.2, 0.25) is 0 Å². The Bertz CT molecular complexity index is 325. The lowest BCUT2D eigenvalue weighted by Gasteiger charge is -2.14. The van der Waals surface area contributed by atoms with Crippen LogP contribution in [0, 0.1) is 0 Å². The first kappa shape index (κ1) is 12.0. The van der Waals surface area contributed by atoms with Gasteiger partial charge in [0.15, 0.2) is 0 Å². The molecule has 1 aromatic rings. The van der Waals surface area contributed by atoms with Crippen LogP contribution in [0.1, 0.15) is 32.2 Å². The molecule has 0 amide bonds. The lowest BCUT2D eigenvalue weighted by molar-refractivity contribution is -0.145. The van der Waals surface area contributed by atoms with Crippen LogP contribution < -0.4 is 0 Å². The Morgan fingerprint density at radius 1 is 1.73 bits per heavy atom. The van der Waals surface area contributed by atoms with Crippen LogP contribution in [0.25, 0.3) is 0 Å². The summed E-state index contributed by atoms with van der Waals surface area (Å²) in [6.07, 6.45) is 5.86. The molecule has 0 radical (unpaired) electrons. The van der Waals surface area contributed by atoms with Crippen molar-refractivity contribution in [2.45, 2.75) is 32.2 Å². The number of halogens is 1. The van der Waals surface area contributed by atoms with Gasteiger partial charge in [-0.1, -0.05) is 31.4 Å². The number of carbonyl (C=O) groups is 1. The summed E-state index contributed by atoms with van der Waals surface area (Å²) in [6.45, 7) is 2.07. The van der Waals surface area contributed by atoms with Gasteiger partial charge in [0.25, 0.3) is 0 Å². The zero-order chi connectivity index (χ0) is 11.3. The number of ether oxygens (including phenoxy) is 1. The predicted octanol–water partition coefficient (Wildman–Crippen LogP) is 2.44. The molecule has 0 saturated carbocycles. The lowest BCUT2D eigenvalue weighted by atomic mass is 10.1. The zero-order valence-electron chi connectivity index (χ0n) is 8.94. The molecule has 0 aliphatic heterocycles. The molecule has 84 valence electrons. The highest BCUT2D eigenvalue weighted by Crippen LogP contribution is 2.18. The molecule has 1 rings (SSSR count). The van der Waals surface area contributed by atoms with Gasteiger partial charge in [-0.3, -0.25) is 4.68 Å². The van der Waals surface area contributed by atoms with Crippen molar-refractivity contribution in [3.05, 3.63) is 17.4 Å². The monoisotopic (exact) mass is 230 g/mol. The molecule has 0 fully saturated rings. The summed E-state index contributed by atoms with van der Waals surface area (Å²) >= 11 is 5.75. The third-order valence-corrected chi connectivity index (χ3v) is 2.39. The first-order chi connectivity index (χ1) is 7.19. The first-order valence-corrected chi connectivity index (χ1v) is 5.34. The Labute approximate surface area is 94.2 Å². The second kappa shape index (κ2) is 5.75. The van der Waals surface area contributed by atoms with Gasteiger partial charge in [-0.05, 0) is 6.42 Å². The summed E-state index contributed by atoms with van der Waals surface area (Å²) < 4.78 is 6.29. The number of rotatable bonds is 5. The number of aromatic nitrogens is 2. The van der Waals surface area contributed by atoms with Gasteiger partial charge in [0, 0.05) is 6.20 Å². The van der Waals surface area contributed by atoms with Crippen LogP contribution in [0.5, 0.6) is 0 Å². The van der Waals surface area contributed by atoms with Crippen LogP contribution in [0.4, 0.5) is 0 Å². The summed E-state index contributed by atoms with van der Waals surface area (Å²) in [5.41, 5.74) is 0. The second-order valence-electron chi connectivity index (χ2n) is 3.32. The van der Waals surface area contributed by atoms with Crippen molar-refractivity contribution >= 4 is 17.6 Å². The SMILES string of the molecule is CCCCC(C(=O)OC)n1cc(Cl)cn1. The Morgan fingerprint density at radius 2 is 2.47 bits per heavy atom. The van der Waals surface area contributed by atoms with Crippen molar-refractivity contribution < 1.29 is 9.53 Å². The Morgan fingerprint density at radius 3 is 2.93 bits per heavy atom. The van der Waals surface area contributed by atoms with E-state index in [2.05, 4.69) is 12.0 Å². The molecule has 0 spiro atoms. The number of hydrogen-bond acceptors (Lipinski definition) is 3. The van der Waals surface area contributed by atoms with Crippen LogP contribution >= 0.6 is 11.6 Å². The highest BCUT2D eigenvalue weighted by Gasteiger charge is 2.21. The molecule has 0 aromatic carbocycles. The van der Waals surface area contributed by atoms with E-state index < -0.39 is 0 Å². The number of methoxy groups -OCH3 is 1. The zero-order valence-corrected chi connectivity index (χ0v) is 9.70. The maximum atomic E-state index is 11.5. The topological polar surface area (TPSA) is 44.1 Å². The van der Waals surface area contributed by atoms with Crippen molar-refractivity contribution in [3.8, 4) is 0 Å². The van der Waals surface area contributed by atoms with Gasteiger partial charge < -0.3 is 4.74 Å². The van der Waals surface area contributed by atoms with Gasteiger partial charge in [0.1, 0.15) is 6.04 Å². The van der Waals surface area contributed by atoms with Crippen LogP contribution in [0.2, 0.25) is 5.02 Å². The smallest absolute Gasteiger partial charge is 0.330 e. The van der Waals surface area contributed by atoms with Crippen LogP contribution in [0.15, 0.2) is 12.4 Å². The maximum absolute atomic E-state index is 11.5. The quantitative estimate of drug-likeness (QED) is 0.730. The van der Waals surface area contributed by atoms with Gasteiger partial charge in [-0.15, -0.1) is 0 Å². The van der Waals surface area contributed by atoms with Crippen LogP contribution in [-0.4, -0.2) is 22.9 Å². The van der Waals surface area contributed by atoms with E-state index in [4.69, 9.17) is 16.3 Å².